The fourth-order valence-electron chi connectivity index (χ4n) is 4.23. The number of nitrogens with zero attached hydrogens (tertiary/aromatic N) is 5. The van der Waals surface area contributed by atoms with Crippen LogP contribution in [0.4, 0.5) is 5.69 Å². The lowest BCUT2D eigenvalue weighted by Gasteiger charge is -2.33. The van der Waals surface area contributed by atoms with Crippen LogP contribution >= 0.6 is 0 Å². The van der Waals surface area contributed by atoms with Crippen molar-refractivity contribution >= 4 is 22.7 Å². The van der Waals surface area contributed by atoms with Gasteiger partial charge in [0.1, 0.15) is 0 Å². The number of rotatable bonds is 4. The predicted molar refractivity (Wildman–Crippen MR) is 112 cm³/mol. The average Bonchev–Trinajstić information content (AvgIpc) is 3.13. The number of esters is 1. The minimum absolute atomic E-state index is 0.0213. The lowest BCUT2D eigenvalue weighted by Crippen LogP contribution is -2.36. The largest absolute Gasteiger partial charge is 0.469 e. The molecule has 0 N–H and O–H groups in total. The molecule has 0 bridgehead atoms. The highest BCUT2D eigenvalue weighted by Crippen LogP contribution is 2.39. The summed E-state index contributed by atoms with van der Waals surface area (Å²) in [6.07, 6.45) is 5.36. The number of methoxy groups -OCH3 is 1. The van der Waals surface area contributed by atoms with E-state index >= 15 is 0 Å². The van der Waals surface area contributed by atoms with Gasteiger partial charge in [-0.2, -0.15) is 5.10 Å². The van der Waals surface area contributed by atoms with Gasteiger partial charge in [-0.25, -0.2) is 4.98 Å². The summed E-state index contributed by atoms with van der Waals surface area (Å²) in [7, 11) is 1.44. The Labute approximate surface area is 174 Å². The van der Waals surface area contributed by atoms with Gasteiger partial charge in [0.15, 0.2) is 0 Å². The third kappa shape index (κ3) is 3.41. The van der Waals surface area contributed by atoms with Gasteiger partial charge in [-0.15, -0.1) is 0 Å². The molecule has 30 heavy (non-hydrogen) atoms. The second-order valence-corrected chi connectivity index (χ2v) is 7.98. The molecule has 8 heteroatoms. The van der Waals surface area contributed by atoms with Crippen LogP contribution in [0.15, 0.2) is 30.6 Å². The highest BCUT2D eigenvalue weighted by molar-refractivity contribution is 5.81. The van der Waals surface area contributed by atoms with Gasteiger partial charge in [0.25, 0.3) is 0 Å². The van der Waals surface area contributed by atoms with Crippen LogP contribution in [0.2, 0.25) is 0 Å². The molecule has 1 saturated heterocycles. The molecule has 1 aromatic carbocycles. The Kier molecular flexibility index (Phi) is 4.86. The van der Waals surface area contributed by atoms with E-state index in [1.807, 2.05) is 30.1 Å². The average molecular weight is 407 g/mol. The van der Waals surface area contributed by atoms with Gasteiger partial charge in [0.2, 0.25) is 0 Å². The Morgan fingerprint density at radius 3 is 2.77 bits per heavy atom. The molecule has 3 aromatic rings. The molecule has 0 unspecified atom stereocenters. The smallest absolute Gasteiger partial charge is 0.308 e. The van der Waals surface area contributed by atoms with E-state index in [9.17, 15) is 4.79 Å². The van der Waals surface area contributed by atoms with E-state index in [4.69, 9.17) is 14.5 Å². The quantitative estimate of drug-likeness (QED) is 0.615. The number of hydrogen-bond acceptors (Lipinski definition) is 7. The van der Waals surface area contributed by atoms with Crippen LogP contribution in [0, 0.1) is 12.8 Å². The minimum atomic E-state index is -0.133. The fraction of sp³-hybridized carbons (Fsp3) is 0.455. The zero-order valence-electron chi connectivity index (χ0n) is 17.2. The van der Waals surface area contributed by atoms with Gasteiger partial charge in [-0.3, -0.25) is 14.5 Å². The molecule has 2 aromatic heterocycles. The maximum absolute atomic E-state index is 11.7. The number of hydrogen-bond donors (Lipinski definition) is 0. The molecule has 5 rings (SSSR count). The maximum atomic E-state index is 11.7. The number of carbonyl (C=O) groups excluding carboxylic acids is 1. The summed E-state index contributed by atoms with van der Waals surface area (Å²) in [6.45, 7) is 5.26. The van der Waals surface area contributed by atoms with Crippen molar-refractivity contribution in [1.29, 1.82) is 0 Å². The first kappa shape index (κ1) is 19.0. The molecule has 1 saturated carbocycles. The number of carbonyl (C=O) groups is 1. The molecule has 1 aliphatic carbocycles. The summed E-state index contributed by atoms with van der Waals surface area (Å²) in [5.41, 5.74) is 5.60. The molecule has 1 aliphatic heterocycles. The van der Waals surface area contributed by atoms with Crippen LogP contribution in [0.3, 0.4) is 0 Å². The van der Waals surface area contributed by atoms with Gasteiger partial charge in [0, 0.05) is 30.5 Å². The summed E-state index contributed by atoms with van der Waals surface area (Å²) >= 11 is 0. The second kappa shape index (κ2) is 7.68. The van der Waals surface area contributed by atoms with Crippen molar-refractivity contribution < 1.29 is 14.3 Å². The van der Waals surface area contributed by atoms with Gasteiger partial charge in [-0.1, -0.05) is 0 Å². The van der Waals surface area contributed by atoms with Crippen molar-refractivity contribution in [1.82, 2.24) is 19.7 Å². The lowest BCUT2D eigenvalue weighted by atomic mass is 9.80. The summed E-state index contributed by atoms with van der Waals surface area (Å²) in [5.74, 6) is -0.154. The van der Waals surface area contributed by atoms with Gasteiger partial charge >= 0.3 is 5.97 Å². The molecule has 0 radical (unpaired) electrons. The highest BCUT2D eigenvalue weighted by atomic mass is 16.5. The number of aromatic nitrogens is 4. The molecule has 0 amide bonds. The Balaban J connectivity index is 1.40. The van der Waals surface area contributed by atoms with E-state index in [1.54, 1.807) is 0 Å². The first-order chi connectivity index (χ1) is 14.6. The van der Waals surface area contributed by atoms with E-state index in [2.05, 4.69) is 27.1 Å². The standard InChI is InChI=1S/C22H25N5O3/c1-14-18(13-27(25-14)17-9-15(10-17)22(28)29-2)21-12-23-19-4-3-16(11-20(19)24-21)26-5-7-30-8-6-26/h3-4,11-13,15,17H,5-10H2,1-2H3. The van der Waals surface area contributed by atoms with Crippen LogP contribution in [0.5, 0.6) is 0 Å². The van der Waals surface area contributed by atoms with Crippen molar-refractivity contribution in [3.8, 4) is 11.3 Å². The van der Waals surface area contributed by atoms with Crippen molar-refractivity contribution in [2.24, 2.45) is 5.92 Å². The molecule has 156 valence electrons. The monoisotopic (exact) mass is 407 g/mol. The molecule has 2 aliphatic rings. The van der Waals surface area contributed by atoms with E-state index in [0.29, 0.717) is 0 Å². The molecular formula is C22H25N5O3. The van der Waals surface area contributed by atoms with E-state index in [1.165, 1.54) is 7.11 Å². The van der Waals surface area contributed by atoms with E-state index in [-0.39, 0.29) is 17.9 Å². The molecular weight excluding hydrogens is 382 g/mol. The number of fused-ring (bicyclic) bond motifs is 1. The zero-order valence-corrected chi connectivity index (χ0v) is 17.2. The fourth-order valence-corrected chi connectivity index (χ4v) is 4.23. The summed E-state index contributed by atoms with van der Waals surface area (Å²) < 4.78 is 12.2. The number of morpholine rings is 1. The van der Waals surface area contributed by atoms with Crippen LogP contribution in [-0.4, -0.2) is 59.1 Å². The topological polar surface area (TPSA) is 82.4 Å². The van der Waals surface area contributed by atoms with Crippen LogP contribution in [0.25, 0.3) is 22.3 Å². The number of benzene rings is 1. The first-order valence-electron chi connectivity index (χ1n) is 10.4. The van der Waals surface area contributed by atoms with Gasteiger partial charge in [-0.05, 0) is 38.0 Å². The summed E-state index contributed by atoms with van der Waals surface area (Å²) in [6, 6.07) is 6.45. The van der Waals surface area contributed by atoms with Gasteiger partial charge < -0.3 is 14.4 Å². The Hall–Kier alpha value is -3.00. The number of anilines is 1. The molecule has 0 atom stereocenters. The van der Waals surface area contributed by atoms with Crippen LogP contribution in [0.1, 0.15) is 24.6 Å². The predicted octanol–water partition coefficient (Wildman–Crippen LogP) is 2.76. The maximum Gasteiger partial charge on any atom is 0.308 e. The Bertz CT molecular complexity index is 1080. The van der Waals surface area contributed by atoms with Crippen molar-refractivity contribution in [2.45, 2.75) is 25.8 Å². The van der Waals surface area contributed by atoms with Crippen molar-refractivity contribution in [2.75, 3.05) is 38.3 Å². The summed E-state index contributed by atoms with van der Waals surface area (Å²) in [5, 5.41) is 4.67. The van der Waals surface area contributed by atoms with E-state index < -0.39 is 0 Å². The number of aryl methyl sites for hydroxylation is 1. The normalized spacial score (nSPS) is 21.5. The van der Waals surface area contributed by atoms with E-state index in [0.717, 1.165) is 72.8 Å². The highest BCUT2D eigenvalue weighted by Gasteiger charge is 2.37. The minimum Gasteiger partial charge on any atom is -0.469 e. The molecule has 2 fully saturated rings. The summed E-state index contributed by atoms with van der Waals surface area (Å²) in [4.78, 5) is 23.5. The van der Waals surface area contributed by atoms with Gasteiger partial charge in [0.05, 0.1) is 60.9 Å². The van der Waals surface area contributed by atoms with Crippen LogP contribution < -0.4 is 4.90 Å². The molecule has 8 nitrogen and oxygen atoms in total. The third-order valence-electron chi connectivity index (χ3n) is 6.12. The SMILES string of the molecule is COC(=O)C1CC(n2cc(-c3cnc4ccc(N5CCOCC5)cc4n3)c(C)n2)C1. The molecule has 0 spiro atoms. The molecule has 3 heterocycles. The van der Waals surface area contributed by atoms with Crippen molar-refractivity contribution in [3.05, 3.63) is 36.3 Å². The zero-order chi connectivity index (χ0) is 20.7. The van der Waals surface area contributed by atoms with Crippen LogP contribution in [-0.2, 0) is 14.3 Å². The Morgan fingerprint density at radius 1 is 1.20 bits per heavy atom. The lowest BCUT2D eigenvalue weighted by molar-refractivity contribution is -0.149. The second-order valence-electron chi connectivity index (χ2n) is 7.98. The number of ether oxygens (including phenoxy) is 2. The first-order valence-corrected chi connectivity index (χ1v) is 10.4. The third-order valence-corrected chi connectivity index (χ3v) is 6.12. The Morgan fingerprint density at radius 2 is 2.00 bits per heavy atom. The van der Waals surface area contributed by atoms with Crippen molar-refractivity contribution in [3.63, 3.8) is 0 Å².